The SMILES string of the molecule is CC/C=C\C/C=C\C/C=C\C/C=C\C/C=C\C/C=C\CCCCCCCCCCC(=O)OCC(COC(=O)CCCCCCCCCCCC)OC(=O)CCCCCCCCCCCCC. The minimum Gasteiger partial charge on any atom is -0.462 e. The summed E-state index contributed by atoms with van der Waals surface area (Å²) in [5.41, 5.74) is 0. The van der Waals surface area contributed by atoms with E-state index in [2.05, 4.69) is 93.7 Å². The fraction of sp³-hybridized carbons (Fsp3) is 0.750. The number of hydrogen-bond acceptors (Lipinski definition) is 6. The van der Waals surface area contributed by atoms with Gasteiger partial charge in [-0.05, 0) is 70.6 Å². The molecule has 0 radical (unpaired) electrons. The summed E-state index contributed by atoms with van der Waals surface area (Å²) in [6, 6.07) is 0. The molecular formula is C60H104O6. The summed E-state index contributed by atoms with van der Waals surface area (Å²) in [6.45, 7) is 6.51. The Morgan fingerprint density at radius 1 is 0.318 bits per heavy atom. The molecule has 0 rings (SSSR count). The van der Waals surface area contributed by atoms with E-state index in [0.717, 1.165) is 103 Å². The Hall–Kier alpha value is -3.15. The Morgan fingerprint density at radius 3 is 0.924 bits per heavy atom. The third-order valence-electron chi connectivity index (χ3n) is 12.0. The summed E-state index contributed by atoms with van der Waals surface area (Å²) in [6.07, 6.45) is 69.0. The van der Waals surface area contributed by atoms with Crippen molar-refractivity contribution in [3.63, 3.8) is 0 Å². The molecule has 0 heterocycles. The van der Waals surface area contributed by atoms with E-state index in [1.807, 2.05) is 0 Å². The normalized spacial score (nSPS) is 12.6. The molecule has 0 spiro atoms. The molecule has 0 saturated carbocycles. The molecule has 0 N–H and O–H groups in total. The van der Waals surface area contributed by atoms with Crippen LogP contribution in [0.25, 0.3) is 0 Å². The lowest BCUT2D eigenvalue weighted by Gasteiger charge is -2.18. The van der Waals surface area contributed by atoms with Gasteiger partial charge in [-0.1, -0.05) is 254 Å². The van der Waals surface area contributed by atoms with E-state index in [-0.39, 0.29) is 31.1 Å². The third-order valence-corrected chi connectivity index (χ3v) is 12.0. The van der Waals surface area contributed by atoms with E-state index in [9.17, 15) is 14.4 Å². The largest absolute Gasteiger partial charge is 0.462 e. The molecule has 380 valence electrons. The summed E-state index contributed by atoms with van der Waals surface area (Å²) in [5.74, 6) is -0.879. The fourth-order valence-electron chi connectivity index (χ4n) is 7.80. The van der Waals surface area contributed by atoms with Gasteiger partial charge in [0, 0.05) is 19.3 Å². The molecule has 6 heteroatoms. The van der Waals surface area contributed by atoms with Crippen molar-refractivity contribution in [1.29, 1.82) is 0 Å². The molecule has 0 saturated heterocycles. The lowest BCUT2D eigenvalue weighted by molar-refractivity contribution is -0.167. The molecule has 0 aliphatic heterocycles. The first kappa shape index (κ1) is 62.8. The lowest BCUT2D eigenvalue weighted by atomic mass is 10.1. The van der Waals surface area contributed by atoms with Crippen LogP contribution in [0.2, 0.25) is 0 Å². The van der Waals surface area contributed by atoms with Crippen LogP contribution in [0.3, 0.4) is 0 Å². The van der Waals surface area contributed by atoms with Crippen molar-refractivity contribution >= 4 is 17.9 Å². The van der Waals surface area contributed by atoms with Gasteiger partial charge in [-0.25, -0.2) is 0 Å². The second-order valence-corrected chi connectivity index (χ2v) is 18.5. The van der Waals surface area contributed by atoms with Crippen LogP contribution in [0.4, 0.5) is 0 Å². The van der Waals surface area contributed by atoms with Crippen molar-refractivity contribution in [3.05, 3.63) is 72.9 Å². The van der Waals surface area contributed by atoms with E-state index in [0.29, 0.717) is 19.3 Å². The van der Waals surface area contributed by atoms with Crippen LogP contribution in [-0.4, -0.2) is 37.2 Å². The Morgan fingerprint density at radius 2 is 0.591 bits per heavy atom. The molecule has 0 aromatic heterocycles. The minimum absolute atomic E-state index is 0.0741. The van der Waals surface area contributed by atoms with Gasteiger partial charge in [0.2, 0.25) is 0 Å². The van der Waals surface area contributed by atoms with E-state index >= 15 is 0 Å². The molecule has 6 nitrogen and oxygen atoms in total. The minimum atomic E-state index is -0.773. The highest BCUT2D eigenvalue weighted by Crippen LogP contribution is 2.15. The number of ether oxygens (including phenoxy) is 3. The molecule has 66 heavy (non-hydrogen) atoms. The monoisotopic (exact) mass is 921 g/mol. The summed E-state index contributed by atoms with van der Waals surface area (Å²) in [5, 5.41) is 0. The highest BCUT2D eigenvalue weighted by molar-refractivity contribution is 5.71. The van der Waals surface area contributed by atoms with E-state index in [1.165, 1.54) is 128 Å². The molecule has 0 amide bonds. The van der Waals surface area contributed by atoms with E-state index in [1.54, 1.807) is 0 Å². The summed E-state index contributed by atoms with van der Waals surface area (Å²) >= 11 is 0. The quantitative estimate of drug-likeness (QED) is 0.0262. The first-order valence-corrected chi connectivity index (χ1v) is 27.9. The van der Waals surface area contributed by atoms with Crippen molar-refractivity contribution in [1.82, 2.24) is 0 Å². The van der Waals surface area contributed by atoms with Crippen molar-refractivity contribution in [2.45, 2.75) is 277 Å². The predicted molar refractivity (Wildman–Crippen MR) is 284 cm³/mol. The van der Waals surface area contributed by atoms with Gasteiger partial charge in [-0.2, -0.15) is 0 Å². The molecular weight excluding hydrogens is 817 g/mol. The molecule has 0 aromatic carbocycles. The van der Waals surface area contributed by atoms with Gasteiger partial charge in [-0.15, -0.1) is 0 Å². The molecule has 0 aromatic rings. The predicted octanol–water partition coefficient (Wildman–Crippen LogP) is 18.6. The van der Waals surface area contributed by atoms with Gasteiger partial charge < -0.3 is 14.2 Å². The Kier molecular flexibility index (Phi) is 51.9. The van der Waals surface area contributed by atoms with Gasteiger partial charge in [0.1, 0.15) is 13.2 Å². The molecule has 1 unspecified atom stereocenters. The number of allylic oxidation sites excluding steroid dienone is 12. The van der Waals surface area contributed by atoms with Crippen LogP contribution < -0.4 is 0 Å². The van der Waals surface area contributed by atoms with Crippen LogP contribution in [-0.2, 0) is 28.6 Å². The van der Waals surface area contributed by atoms with Crippen LogP contribution in [0, 0.1) is 0 Å². The number of unbranched alkanes of at least 4 members (excludes halogenated alkanes) is 27. The maximum atomic E-state index is 12.8. The summed E-state index contributed by atoms with van der Waals surface area (Å²) in [7, 11) is 0. The first-order chi connectivity index (χ1) is 32.5. The van der Waals surface area contributed by atoms with Crippen LogP contribution in [0.15, 0.2) is 72.9 Å². The molecule has 0 aliphatic rings. The Balaban J connectivity index is 4.20. The average Bonchev–Trinajstić information content (AvgIpc) is 3.31. The van der Waals surface area contributed by atoms with Gasteiger partial charge in [-0.3, -0.25) is 14.4 Å². The molecule has 0 bridgehead atoms. The summed E-state index contributed by atoms with van der Waals surface area (Å²) < 4.78 is 16.8. The maximum Gasteiger partial charge on any atom is 0.306 e. The first-order valence-electron chi connectivity index (χ1n) is 27.9. The molecule has 1 atom stereocenters. The smallest absolute Gasteiger partial charge is 0.306 e. The maximum absolute atomic E-state index is 12.8. The standard InChI is InChI=1S/C60H104O6/c1-4-7-10-13-16-19-22-23-24-25-26-27-28-29-30-31-32-33-34-35-36-37-39-41-44-47-50-53-59(62)65-56-57(55-64-58(61)52-49-46-43-40-21-18-15-12-9-6-3)66-60(63)54-51-48-45-42-38-20-17-14-11-8-5-2/h7,10,16,19,23-24,26-27,29-30,32-33,57H,4-6,8-9,11-15,17-18,20-22,25,28,31,34-56H2,1-3H3/b10-7-,19-16-,24-23-,27-26-,30-29-,33-32-. The zero-order chi connectivity index (χ0) is 47.9. The fourth-order valence-corrected chi connectivity index (χ4v) is 7.80. The van der Waals surface area contributed by atoms with Crippen molar-refractivity contribution in [2.75, 3.05) is 13.2 Å². The van der Waals surface area contributed by atoms with E-state index in [4.69, 9.17) is 14.2 Å². The zero-order valence-electron chi connectivity index (χ0n) is 43.4. The van der Waals surface area contributed by atoms with E-state index < -0.39 is 6.10 Å². The number of rotatable bonds is 50. The Bertz CT molecular complexity index is 1240. The Labute approximate surface area is 408 Å². The molecule has 0 aliphatic carbocycles. The number of carbonyl (C=O) groups excluding carboxylic acids is 3. The van der Waals surface area contributed by atoms with Gasteiger partial charge in [0.05, 0.1) is 0 Å². The number of hydrogen-bond donors (Lipinski definition) is 0. The second-order valence-electron chi connectivity index (χ2n) is 18.5. The summed E-state index contributed by atoms with van der Waals surface area (Å²) in [4.78, 5) is 37.9. The molecule has 0 fully saturated rings. The van der Waals surface area contributed by atoms with Crippen molar-refractivity contribution in [3.8, 4) is 0 Å². The van der Waals surface area contributed by atoms with Crippen LogP contribution >= 0.6 is 0 Å². The zero-order valence-corrected chi connectivity index (χ0v) is 43.4. The van der Waals surface area contributed by atoms with Crippen LogP contribution in [0.5, 0.6) is 0 Å². The van der Waals surface area contributed by atoms with Gasteiger partial charge in [0.25, 0.3) is 0 Å². The highest BCUT2D eigenvalue weighted by Gasteiger charge is 2.19. The highest BCUT2D eigenvalue weighted by atomic mass is 16.6. The van der Waals surface area contributed by atoms with Crippen LogP contribution in [0.1, 0.15) is 271 Å². The number of esters is 3. The number of carbonyl (C=O) groups is 3. The van der Waals surface area contributed by atoms with Crippen molar-refractivity contribution in [2.24, 2.45) is 0 Å². The van der Waals surface area contributed by atoms with Gasteiger partial charge >= 0.3 is 17.9 Å². The topological polar surface area (TPSA) is 78.9 Å². The van der Waals surface area contributed by atoms with Gasteiger partial charge in [0.15, 0.2) is 6.10 Å². The second kappa shape index (κ2) is 54.5. The third kappa shape index (κ3) is 51.8. The van der Waals surface area contributed by atoms with Crippen molar-refractivity contribution < 1.29 is 28.6 Å². The average molecular weight is 921 g/mol. The lowest BCUT2D eigenvalue weighted by Crippen LogP contribution is -2.30.